The van der Waals surface area contributed by atoms with Crippen LogP contribution in [0, 0.1) is 11.3 Å². The van der Waals surface area contributed by atoms with Gasteiger partial charge in [-0.2, -0.15) is 5.26 Å². The van der Waals surface area contributed by atoms with Gasteiger partial charge in [0, 0.05) is 17.5 Å². The summed E-state index contributed by atoms with van der Waals surface area (Å²) < 4.78 is 0. The van der Waals surface area contributed by atoms with E-state index in [1.807, 2.05) is 24.3 Å². The fourth-order valence-corrected chi connectivity index (χ4v) is 2.63. The maximum absolute atomic E-state index is 8.73. The van der Waals surface area contributed by atoms with E-state index in [9.17, 15) is 0 Å². The topological polar surface area (TPSA) is 35.8 Å². The number of rotatable bonds is 5. The molecule has 0 aliphatic rings. The number of nitrogens with one attached hydrogen (secondary N) is 1. The van der Waals surface area contributed by atoms with Crippen LogP contribution in [-0.2, 0) is 13.0 Å². The van der Waals surface area contributed by atoms with E-state index >= 15 is 0 Å². The van der Waals surface area contributed by atoms with Gasteiger partial charge in [-0.05, 0) is 42.5 Å². The first-order valence-electron chi connectivity index (χ1n) is 6.03. The number of hydrogen-bond acceptors (Lipinski definition) is 3. The van der Waals surface area contributed by atoms with Crippen molar-refractivity contribution >= 4 is 11.3 Å². The molecular formula is C15H16N2S. The summed E-state index contributed by atoms with van der Waals surface area (Å²) in [6.07, 6.45) is 1.06. The maximum atomic E-state index is 8.73. The molecule has 92 valence electrons. The van der Waals surface area contributed by atoms with Crippen molar-refractivity contribution < 1.29 is 0 Å². The van der Waals surface area contributed by atoms with E-state index in [1.165, 1.54) is 10.4 Å². The fraction of sp³-hybridized carbons (Fsp3) is 0.267. The standard InChI is InChI=1S/C15H16N2S/c1-12(9-15-3-2-8-18-15)17-11-14-6-4-13(10-16)5-7-14/h2-8,12,17H,9,11H2,1H3. The van der Waals surface area contributed by atoms with Crippen LogP contribution in [0.3, 0.4) is 0 Å². The van der Waals surface area contributed by atoms with Crippen molar-refractivity contribution in [3.63, 3.8) is 0 Å². The summed E-state index contributed by atoms with van der Waals surface area (Å²) in [6, 6.07) is 14.6. The minimum atomic E-state index is 0.458. The average molecular weight is 256 g/mol. The van der Waals surface area contributed by atoms with Crippen LogP contribution in [0.5, 0.6) is 0 Å². The van der Waals surface area contributed by atoms with Crippen LogP contribution in [0.2, 0.25) is 0 Å². The molecule has 0 fully saturated rings. The van der Waals surface area contributed by atoms with E-state index in [2.05, 4.69) is 35.8 Å². The van der Waals surface area contributed by atoms with Crippen molar-refractivity contribution in [3.05, 3.63) is 57.8 Å². The van der Waals surface area contributed by atoms with Gasteiger partial charge in [-0.15, -0.1) is 11.3 Å². The van der Waals surface area contributed by atoms with Crippen LogP contribution in [0.25, 0.3) is 0 Å². The third-order valence-electron chi connectivity index (χ3n) is 2.83. The van der Waals surface area contributed by atoms with Gasteiger partial charge >= 0.3 is 0 Å². The molecule has 0 spiro atoms. The van der Waals surface area contributed by atoms with Crippen molar-refractivity contribution in [1.82, 2.24) is 5.32 Å². The van der Waals surface area contributed by atoms with Crippen molar-refractivity contribution in [2.45, 2.75) is 25.9 Å². The lowest BCUT2D eigenvalue weighted by Crippen LogP contribution is -2.27. The van der Waals surface area contributed by atoms with E-state index in [0.717, 1.165) is 13.0 Å². The van der Waals surface area contributed by atoms with Crippen LogP contribution >= 0.6 is 11.3 Å². The molecule has 2 nitrogen and oxygen atoms in total. The van der Waals surface area contributed by atoms with Gasteiger partial charge in [0.15, 0.2) is 0 Å². The normalized spacial score (nSPS) is 12.0. The first-order chi connectivity index (χ1) is 8.78. The Morgan fingerprint density at radius 3 is 2.67 bits per heavy atom. The van der Waals surface area contributed by atoms with Crippen molar-refractivity contribution in [2.75, 3.05) is 0 Å². The highest BCUT2D eigenvalue weighted by molar-refractivity contribution is 7.09. The van der Waals surface area contributed by atoms with Crippen LogP contribution in [0.15, 0.2) is 41.8 Å². The molecule has 1 N–H and O–H groups in total. The monoisotopic (exact) mass is 256 g/mol. The molecular weight excluding hydrogens is 240 g/mol. The highest BCUT2D eigenvalue weighted by Crippen LogP contribution is 2.11. The number of thiophene rings is 1. The van der Waals surface area contributed by atoms with E-state index in [4.69, 9.17) is 5.26 Å². The molecule has 0 aliphatic heterocycles. The Morgan fingerprint density at radius 1 is 1.28 bits per heavy atom. The van der Waals surface area contributed by atoms with E-state index < -0.39 is 0 Å². The minimum absolute atomic E-state index is 0.458. The maximum Gasteiger partial charge on any atom is 0.0991 e. The van der Waals surface area contributed by atoms with Crippen LogP contribution in [0.4, 0.5) is 0 Å². The Kier molecular flexibility index (Phi) is 4.52. The predicted octanol–water partition coefficient (Wildman–Crippen LogP) is 3.34. The molecule has 0 saturated heterocycles. The first-order valence-corrected chi connectivity index (χ1v) is 6.90. The molecule has 0 bridgehead atoms. The van der Waals surface area contributed by atoms with Crippen molar-refractivity contribution in [3.8, 4) is 6.07 Å². The summed E-state index contributed by atoms with van der Waals surface area (Å²) in [7, 11) is 0. The SMILES string of the molecule is CC(Cc1cccs1)NCc1ccc(C#N)cc1. The van der Waals surface area contributed by atoms with Gasteiger partial charge in [0.1, 0.15) is 0 Å². The molecule has 0 radical (unpaired) electrons. The predicted molar refractivity (Wildman–Crippen MR) is 75.5 cm³/mol. The molecule has 1 aromatic carbocycles. The summed E-state index contributed by atoms with van der Waals surface area (Å²) >= 11 is 1.80. The third-order valence-corrected chi connectivity index (χ3v) is 3.72. The van der Waals surface area contributed by atoms with Gasteiger partial charge in [0.25, 0.3) is 0 Å². The zero-order chi connectivity index (χ0) is 12.8. The fourth-order valence-electron chi connectivity index (χ4n) is 1.79. The second kappa shape index (κ2) is 6.34. The van der Waals surface area contributed by atoms with Gasteiger partial charge in [0.2, 0.25) is 0 Å². The van der Waals surface area contributed by atoms with Gasteiger partial charge < -0.3 is 5.32 Å². The zero-order valence-corrected chi connectivity index (χ0v) is 11.2. The Balaban J connectivity index is 1.81. The van der Waals surface area contributed by atoms with Gasteiger partial charge in [-0.3, -0.25) is 0 Å². The molecule has 1 atom stereocenters. The second-order valence-corrected chi connectivity index (χ2v) is 5.41. The number of nitrogens with zero attached hydrogens (tertiary/aromatic N) is 1. The Hall–Kier alpha value is -1.63. The molecule has 0 saturated carbocycles. The summed E-state index contributed by atoms with van der Waals surface area (Å²) in [4.78, 5) is 1.41. The molecule has 1 unspecified atom stereocenters. The van der Waals surface area contributed by atoms with E-state index in [1.54, 1.807) is 11.3 Å². The minimum Gasteiger partial charge on any atom is -0.310 e. The number of hydrogen-bond donors (Lipinski definition) is 1. The molecule has 1 heterocycles. The molecule has 3 heteroatoms. The number of benzene rings is 1. The summed E-state index contributed by atoms with van der Waals surface area (Å²) in [5.74, 6) is 0. The Morgan fingerprint density at radius 2 is 2.06 bits per heavy atom. The zero-order valence-electron chi connectivity index (χ0n) is 10.4. The lowest BCUT2D eigenvalue weighted by Gasteiger charge is -2.12. The molecule has 2 rings (SSSR count). The molecule has 18 heavy (non-hydrogen) atoms. The van der Waals surface area contributed by atoms with E-state index in [-0.39, 0.29) is 0 Å². The van der Waals surface area contributed by atoms with Gasteiger partial charge in [-0.1, -0.05) is 18.2 Å². The first kappa shape index (κ1) is 12.8. The largest absolute Gasteiger partial charge is 0.310 e. The molecule has 2 aromatic rings. The molecule has 1 aromatic heterocycles. The quantitative estimate of drug-likeness (QED) is 0.890. The lowest BCUT2D eigenvalue weighted by molar-refractivity contribution is 0.548. The summed E-state index contributed by atoms with van der Waals surface area (Å²) in [6.45, 7) is 3.04. The Labute approximate surface area is 112 Å². The summed E-state index contributed by atoms with van der Waals surface area (Å²) in [5, 5.41) is 14.3. The van der Waals surface area contributed by atoms with Gasteiger partial charge in [0.05, 0.1) is 11.6 Å². The smallest absolute Gasteiger partial charge is 0.0991 e. The summed E-state index contributed by atoms with van der Waals surface area (Å²) in [5.41, 5.74) is 1.93. The average Bonchev–Trinajstić information content (AvgIpc) is 2.90. The van der Waals surface area contributed by atoms with Crippen LogP contribution < -0.4 is 5.32 Å². The number of nitriles is 1. The highest BCUT2D eigenvalue weighted by Gasteiger charge is 2.03. The van der Waals surface area contributed by atoms with Crippen LogP contribution in [-0.4, -0.2) is 6.04 Å². The molecule has 0 aliphatic carbocycles. The van der Waals surface area contributed by atoms with E-state index in [0.29, 0.717) is 11.6 Å². The van der Waals surface area contributed by atoms with Crippen molar-refractivity contribution in [2.24, 2.45) is 0 Å². The highest BCUT2D eigenvalue weighted by atomic mass is 32.1. The lowest BCUT2D eigenvalue weighted by atomic mass is 10.1. The van der Waals surface area contributed by atoms with Crippen LogP contribution in [0.1, 0.15) is 22.9 Å². The Bertz CT molecular complexity index is 508. The van der Waals surface area contributed by atoms with Crippen molar-refractivity contribution in [1.29, 1.82) is 5.26 Å². The van der Waals surface area contributed by atoms with Gasteiger partial charge in [-0.25, -0.2) is 0 Å². The second-order valence-electron chi connectivity index (χ2n) is 4.37. The molecule has 0 amide bonds. The third kappa shape index (κ3) is 3.69.